The first-order valence-corrected chi connectivity index (χ1v) is 5.65. The molecule has 84 valence electrons. The summed E-state index contributed by atoms with van der Waals surface area (Å²) in [7, 11) is 0. The van der Waals surface area contributed by atoms with Gasteiger partial charge in [-0.1, -0.05) is 36.8 Å². The molecule has 0 spiro atoms. The molecule has 0 aliphatic heterocycles. The van der Waals surface area contributed by atoms with Gasteiger partial charge in [0.15, 0.2) is 0 Å². The van der Waals surface area contributed by atoms with Crippen LogP contribution in [0.1, 0.15) is 30.9 Å². The van der Waals surface area contributed by atoms with Crippen molar-refractivity contribution in [2.75, 3.05) is 0 Å². The van der Waals surface area contributed by atoms with Crippen molar-refractivity contribution in [3.05, 3.63) is 35.4 Å². The monoisotopic (exact) mass is 215 g/mol. The Labute approximate surface area is 96.9 Å². The summed E-state index contributed by atoms with van der Waals surface area (Å²) in [6, 6.07) is 10.2. The summed E-state index contributed by atoms with van der Waals surface area (Å²) in [6.45, 7) is 3.91. The van der Waals surface area contributed by atoms with Gasteiger partial charge in [-0.05, 0) is 25.3 Å². The van der Waals surface area contributed by atoms with Crippen LogP contribution in [-0.4, -0.2) is 5.78 Å². The largest absolute Gasteiger partial charge is 0.298 e. The van der Waals surface area contributed by atoms with Crippen LogP contribution < -0.4 is 0 Å². The molecule has 16 heavy (non-hydrogen) atoms. The summed E-state index contributed by atoms with van der Waals surface area (Å²) in [5, 5.41) is 8.77. The number of Topliss-reactive ketones (excluding diaryl/α,β-unsaturated/α-hetero) is 1. The smallest absolute Gasteiger partial charge is 0.150 e. The molecule has 1 unspecified atom stereocenters. The summed E-state index contributed by atoms with van der Waals surface area (Å²) in [5.41, 5.74) is 2.37. The predicted molar refractivity (Wildman–Crippen MR) is 63.9 cm³/mol. The number of rotatable bonds is 5. The van der Waals surface area contributed by atoms with Crippen LogP contribution in [0.2, 0.25) is 0 Å². The van der Waals surface area contributed by atoms with Gasteiger partial charge in [0, 0.05) is 6.42 Å². The van der Waals surface area contributed by atoms with Crippen LogP contribution in [0.25, 0.3) is 0 Å². The Morgan fingerprint density at radius 3 is 2.81 bits per heavy atom. The second-order valence-corrected chi connectivity index (χ2v) is 4.05. The Balaban J connectivity index is 2.52. The maximum Gasteiger partial charge on any atom is 0.150 e. The van der Waals surface area contributed by atoms with E-state index in [0.717, 1.165) is 6.42 Å². The highest BCUT2D eigenvalue weighted by Crippen LogP contribution is 2.11. The number of benzene rings is 1. The van der Waals surface area contributed by atoms with Crippen molar-refractivity contribution in [2.24, 2.45) is 5.92 Å². The Kier molecular flexibility index (Phi) is 4.72. The lowest BCUT2D eigenvalue weighted by molar-refractivity contribution is -0.121. The van der Waals surface area contributed by atoms with Crippen LogP contribution in [-0.2, 0) is 11.2 Å². The summed E-state index contributed by atoms with van der Waals surface area (Å²) >= 11 is 0. The average molecular weight is 215 g/mol. The van der Waals surface area contributed by atoms with Gasteiger partial charge in [-0.25, -0.2) is 0 Å². The van der Waals surface area contributed by atoms with Gasteiger partial charge in [-0.15, -0.1) is 0 Å². The van der Waals surface area contributed by atoms with Gasteiger partial charge in [-0.2, -0.15) is 5.26 Å². The average Bonchev–Trinajstić information content (AvgIpc) is 2.28. The van der Waals surface area contributed by atoms with Crippen LogP contribution in [0, 0.1) is 24.2 Å². The third-order valence-corrected chi connectivity index (χ3v) is 2.70. The van der Waals surface area contributed by atoms with Gasteiger partial charge in [0.25, 0.3) is 0 Å². The van der Waals surface area contributed by atoms with Crippen molar-refractivity contribution < 1.29 is 4.79 Å². The number of carbonyl (C=O) groups is 1. The molecule has 2 nitrogen and oxygen atoms in total. The molecule has 0 heterocycles. The quantitative estimate of drug-likeness (QED) is 0.757. The van der Waals surface area contributed by atoms with Gasteiger partial charge >= 0.3 is 0 Å². The molecule has 0 saturated heterocycles. The fourth-order valence-corrected chi connectivity index (χ4v) is 1.70. The van der Waals surface area contributed by atoms with Crippen LogP contribution in [0.4, 0.5) is 0 Å². The zero-order valence-electron chi connectivity index (χ0n) is 9.86. The van der Waals surface area contributed by atoms with Crippen LogP contribution in [0.3, 0.4) is 0 Å². The molecule has 0 N–H and O–H groups in total. The van der Waals surface area contributed by atoms with E-state index in [1.807, 2.05) is 38.1 Å². The summed E-state index contributed by atoms with van der Waals surface area (Å²) in [4.78, 5) is 11.6. The first-order valence-electron chi connectivity index (χ1n) is 5.65. The highest BCUT2D eigenvalue weighted by Gasteiger charge is 2.14. The van der Waals surface area contributed by atoms with E-state index in [-0.39, 0.29) is 5.78 Å². The molecule has 0 aliphatic rings. The molecule has 0 amide bonds. The second-order valence-electron chi connectivity index (χ2n) is 4.05. The highest BCUT2D eigenvalue weighted by atomic mass is 16.1. The number of carbonyl (C=O) groups excluding carboxylic acids is 1. The Bertz CT molecular complexity index is 403. The zero-order valence-corrected chi connectivity index (χ0v) is 9.86. The topological polar surface area (TPSA) is 40.9 Å². The van der Waals surface area contributed by atoms with Gasteiger partial charge in [0.05, 0.1) is 6.07 Å². The fourth-order valence-electron chi connectivity index (χ4n) is 1.70. The zero-order chi connectivity index (χ0) is 12.0. The molecule has 0 saturated carbocycles. The number of hydrogen-bond acceptors (Lipinski definition) is 2. The minimum absolute atomic E-state index is 0.0616. The first kappa shape index (κ1) is 12.4. The van der Waals surface area contributed by atoms with Crippen molar-refractivity contribution in [3.63, 3.8) is 0 Å². The van der Waals surface area contributed by atoms with E-state index in [0.29, 0.717) is 12.8 Å². The van der Waals surface area contributed by atoms with E-state index >= 15 is 0 Å². The van der Waals surface area contributed by atoms with E-state index in [1.54, 1.807) is 0 Å². The second kappa shape index (κ2) is 6.07. The maximum atomic E-state index is 11.6. The van der Waals surface area contributed by atoms with Crippen molar-refractivity contribution >= 4 is 5.78 Å². The third kappa shape index (κ3) is 3.51. The molecule has 0 radical (unpaired) electrons. The number of nitrogens with zero attached hydrogens (tertiary/aromatic N) is 1. The minimum Gasteiger partial charge on any atom is -0.298 e. The minimum atomic E-state index is -0.426. The Morgan fingerprint density at radius 2 is 2.25 bits per heavy atom. The van der Waals surface area contributed by atoms with Gasteiger partial charge in [0.1, 0.15) is 11.7 Å². The Hall–Kier alpha value is -1.62. The molecule has 0 aromatic heterocycles. The molecular formula is C14H17NO. The van der Waals surface area contributed by atoms with Crippen molar-refractivity contribution in [1.82, 2.24) is 0 Å². The van der Waals surface area contributed by atoms with E-state index in [9.17, 15) is 4.79 Å². The molecule has 1 aromatic carbocycles. The third-order valence-electron chi connectivity index (χ3n) is 2.70. The normalized spacial score (nSPS) is 11.8. The van der Waals surface area contributed by atoms with Crippen LogP contribution in [0.5, 0.6) is 0 Å². The molecule has 2 heteroatoms. The standard InChI is InChI=1S/C14H17NO/c1-3-13(10-15)14(16)8-7-12-6-4-5-11(2)9-12/h4-6,9,13H,3,7-8H2,1-2H3. The molecule has 0 fully saturated rings. The van der Waals surface area contributed by atoms with Gasteiger partial charge in [0.2, 0.25) is 0 Å². The van der Waals surface area contributed by atoms with Crippen molar-refractivity contribution in [1.29, 1.82) is 5.26 Å². The molecule has 0 bridgehead atoms. The number of hydrogen-bond donors (Lipinski definition) is 0. The number of nitriles is 1. The Morgan fingerprint density at radius 1 is 1.50 bits per heavy atom. The molecule has 1 rings (SSSR count). The van der Waals surface area contributed by atoms with E-state index in [4.69, 9.17) is 5.26 Å². The van der Waals surface area contributed by atoms with E-state index in [1.165, 1.54) is 11.1 Å². The van der Waals surface area contributed by atoms with Gasteiger partial charge in [-0.3, -0.25) is 4.79 Å². The fraction of sp³-hybridized carbons (Fsp3) is 0.429. The predicted octanol–water partition coefficient (Wildman–Crippen LogP) is 3.05. The lowest BCUT2D eigenvalue weighted by atomic mass is 9.97. The lowest BCUT2D eigenvalue weighted by Gasteiger charge is -2.05. The molecular weight excluding hydrogens is 198 g/mol. The summed E-state index contributed by atoms with van der Waals surface area (Å²) in [5.74, 6) is -0.365. The molecule has 1 atom stereocenters. The van der Waals surface area contributed by atoms with E-state index in [2.05, 4.69) is 6.07 Å². The first-order chi connectivity index (χ1) is 7.67. The summed E-state index contributed by atoms with van der Waals surface area (Å²) in [6.07, 6.45) is 1.82. The molecule has 1 aromatic rings. The summed E-state index contributed by atoms with van der Waals surface area (Å²) < 4.78 is 0. The maximum absolute atomic E-state index is 11.6. The van der Waals surface area contributed by atoms with Crippen LogP contribution >= 0.6 is 0 Å². The number of ketones is 1. The van der Waals surface area contributed by atoms with Crippen LogP contribution in [0.15, 0.2) is 24.3 Å². The SMILES string of the molecule is CCC(C#N)C(=O)CCc1cccc(C)c1. The lowest BCUT2D eigenvalue weighted by Crippen LogP contribution is -2.12. The van der Waals surface area contributed by atoms with Crippen molar-refractivity contribution in [3.8, 4) is 6.07 Å². The number of aryl methyl sites for hydroxylation is 2. The van der Waals surface area contributed by atoms with Gasteiger partial charge < -0.3 is 0 Å². The molecule has 0 aliphatic carbocycles. The van der Waals surface area contributed by atoms with E-state index < -0.39 is 5.92 Å². The van der Waals surface area contributed by atoms with Crippen molar-refractivity contribution in [2.45, 2.75) is 33.1 Å². The highest BCUT2D eigenvalue weighted by molar-refractivity contribution is 5.83.